The molecule has 0 fully saturated rings. The van der Waals surface area contributed by atoms with E-state index in [0.29, 0.717) is 28.5 Å². The number of para-hydroxylation sites is 2. The molecule has 1 aliphatic heterocycles. The molecule has 148 valence electrons. The first-order valence-electron chi connectivity index (χ1n) is 9.35. The fraction of sp³-hybridized carbons (Fsp3) is 0.364. The standard InChI is InChI=1S/C22H23ClO5/c1-3-4-12-20(25)27-21-16(23)9-7-11-19(21)26-14-22(2)13-17(24)15-8-5-6-10-18(15)28-22/h5-11H,3-4,12-14H2,1-2H3. The van der Waals surface area contributed by atoms with Crippen LogP contribution in [-0.4, -0.2) is 24.0 Å². The lowest BCUT2D eigenvalue weighted by Crippen LogP contribution is -2.44. The van der Waals surface area contributed by atoms with E-state index in [1.807, 2.05) is 26.0 Å². The number of ether oxygens (including phenoxy) is 3. The number of fused-ring (bicyclic) bond motifs is 1. The zero-order chi connectivity index (χ0) is 20.1. The second-order valence-electron chi connectivity index (χ2n) is 7.08. The van der Waals surface area contributed by atoms with Crippen LogP contribution >= 0.6 is 11.6 Å². The normalized spacial score (nSPS) is 18.2. The van der Waals surface area contributed by atoms with Crippen LogP contribution in [0.5, 0.6) is 17.2 Å². The number of carbonyl (C=O) groups excluding carboxylic acids is 2. The molecule has 1 unspecified atom stereocenters. The van der Waals surface area contributed by atoms with Gasteiger partial charge in [0.2, 0.25) is 0 Å². The highest BCUT2D eigenvalue weighted by Gasteiger charge is 2.37. The summed E-state index contributed by atoms with van der Waals surface area (Å²) >= 11 is 6.21. The van der Waals surface area contributed by atoms with E-state index in [1.165, 1.54) is 0 Å². The van der Waals surface area contributed by atoms with Crippen molar-refractivity contribution >= 4 is 23.4 Å². The average molecular weight is 403 g/mol. The number of ketones is 1. The molecule has 0 N–H and O–H groups in total. The topological polar surface area (TPSA) is 61.8 Å². The summed E-state index contributed by atoms with van der Waals surface area (Å²) in [4.78, 5) is 24.5. The van der Waals surface area contributed by atoms with Gasteiger partial charge in [-0.25, -0.2) is 0 Å². The molecule has 2 aromatic rings. The van der Waals surface area contributed by atoms with Crippen LogP contribution in [0.1, 0.15) is 49.9 Å². The van der Waals surface area contributed by atoms with E-state index in [1.54, 1.807) is 30.3 Å². The minimum atomic E-state index is -0.836. The predicted octanol–water partition coefficient (Wildman–Crippen LogP) is 5.24. The Morgan fingerprint density at radius 1 is 1.21 bits per heavy atom. The smallest absolute Gasteiger partial charge is 0.311 e. The van der Waals surface area contributed by atoms with E-state index in [0.717, 1.165) is 12.8 Å². The Hall–Kier alpha value is -2.53. The third kappa shape index (κ3) is 4.65. The number of esters is 1. The zero-order valence-electron chi connectivity index (χ0n) is 16.0. The Balaban J connectivity index is 1.73. The van der Waals surface area contributed by atoms with Gasteiger partial charge in [-0.1, -0.05) is 43.1 Å². The number of unbranched alkanes of at least 4 members (excludes halogenated alkanes) is 1. The maximum absolute atomic E-state index is 12.5. The molecule has 28 heavy (non-hydrogen) atoms. The van der Waals surface area contributed by atoms with Crippen molar-refractivity contribution in [2.75, 3.05) is 6.61 Å². The second kappa shape index (κ2) is 8.65. The summed E-state index contributed by atoms with van der Waals surface area (Å²) in [5, 5.41) is 0.290. The number of carbonyl (C=O) groups is 2. The van der Waals surface area contributed by atoms with Gasteiger partial charge in [-0.3, -0.25) is 9.59 Å². The van der Waals surface area contributed by atoms with Crippen molar-refractivity contribution in [1.29, 1.82) is 0 Å². The fourth-order valence-corrected chi connectivity index (χ4v) is 3.23. The molecule has 0 bridgehead atoms. The average Bonchev–Trinajstić information content (AvgIpc) is 2.67. The number of hydrogen-bond donors (Lipinski definition) is 0. The summed E-state index contributed by atoms with van der Waals surface area (Å²) < 4.78 is 17.3. The van der Waals surface area contributed by atoms with Crippen molar-refractivity contribution < 1.29 is 23.8 Å². The van der Waals surface area contributed by atoms with E-state index in [9.17, 15) is 9.59 Å². The maximum atomic E-state index is 12.5. The van der Waals surface area contributed by atoms with Crippen LogP contribution in [0.15, 0.2) is 42.5 Å². The van der Waals surface area contributed by atoms with Crippen LogP contribution in [0.25, 0.3) is 0 Å². The van der Waals surface area contributed by atoms with Gasteiger partial charge in [0.1, 0.15) is 18.0 Å². The summed E-state index contributed by atoms with van der Waals surface area (Å²) in [5.41, 5.74) is -0.259. The lowest BCUT2D eigenvalue weighted by atomic mass is 9.92. The molecule has 1 heterocycles. The van der Waals surface area contributed by atoms with Crippen LogP contribution in [0.2, 0.25) is 5.02 Å². The summed E-state index contributed by atoms with van der Waals surface area (Å²) in [6, 6.07) is 12.2. The number of halogens is 1. The van der Waals surface area contributed by atoms with Crippen LogP contribution in [0.3, 0.4) is 0 Å². The molecule has 0 saturated heterocycles. The Morgan fingerprint density at radius 3 is 2.79 bits per heavy atom. The third-order valence-corrected chi connectivity index (χ3v) is 4.79. The summed E-state index contributed by atoms with van der Waals surface area (Å²) in [6.07, 6.45) is 2.14. The first-order chi connectivity index (χ1) is 13.4. The minimum absolute atomic E-state index is 0.00487. The summed E-state index contributed by atoms with van der Waals surface area (Å²) in [7, 11) is 0. The lowest BCUT2D eigenvalue weighted by molar-refractivity contribution is -0.134. The fourth-order valence-electron chi connectivity index (χ4n) is 3.02. The van der Waals surface area contributed by atoms with E-state index in [2.05, 4.69) is 0 Å². The number of hydrogen-bond acceptors (Lipinski definition) is 5. The zero-order valence-corrected chi connectivity index (χ0v) is 16.8. The summed E-state index contributed by atoms with van der Waals surface area (Å²) in [5.74, 6) is 0.723. The first kappa shape index (κ1) is 20.2. The van der Waals surface area contributed by atoms with Gasteiger partial charge in [0.15, 0.2) is 17.3 Å². The predicted molar refractivity (Wildman–Crippen MR) is 107 cm³/mol. The van der Waals surface area contributed by atoms with Crippen LogP contribution in [-0.2, 0) is 4.79 Å². The highest BCUT2D eigenvalue weighted by molar-refractivity contribution is 6.32. The van der Waals surface area contributed by atoms with Crippen molar-refractivity contribution in [3.8, 4) is 17.2 Å². The highest BCUT2D eigenvalue weighted by Crippen LogP contribution is 2.38. The quantitative estimate of drug-likeness (QED) is 0.468. The molecular weight excluding hydrogens is 380 g/mol. The molecule has 0 saturated carbocycles. The van der Waals surface area contributed by atoms with Crippen molar-refractivity contribution in [3.63, 3.8) is 0 Å². The van der Waals surface area contributed by atoms with E-state index in [-0.39, 0.29) is 30.5 Å². The van der Waals surface area contributed by atoms with Crippen molar-refractivity contribution in [1.82, 2.24) is 0 Å². The van der Waals surface area contributed by atoms with Crippen LogP contribution < -0.4 is 14.2 Å². The lowest BCUT2D eigenvalue weighted by Gasteiger charge is -2.34. The minimum Gasteiger partial charge on any atom is -0.485 e. The number of rotatable bonds is 7. The second-order valence-corrected chi connectivity index (χ2v) is 7.49. The highest BCUT2D eigenvalue weighted by atomic mass is 35.5. The van der Waals surface area contributed by atoms with E-state index in [4.69, 9.17) is 25.8 Å². The van der Waals surface area contributed by atoms with Gasteiger partial charge < -0.3 is 14.2 Å². The Kier molecular flexibility index (Phi) is 6.25. The molecule has 1 atom stereocenters. The molecule has 5 nitrogen and oxygen atoms in total. The number of benzene rings is 2. The Bertz CT molecular complexity index is 879. The van der Waals surface area contributed by atoms with Crippen molar-refractivity contribution in [3.05, 3.63) is 53.1 Å². The van der Waals surface area contributed by atoms with Gasteiger partial charge in [0.25, 0.3) is 0 Å². The molecule has 0 aliphatic carbocycles. The van der Waals surface area contributed by atoms with Crippen LogP contribution in [0, 0.1) is 0 Å². The number of Topliss-reactive ketones (excluding diaryl/α,β-unsaturated/α-hetero) is 1. The summed E-state index contributed by atoms with van der Waals surface area (Å²) in [6.45, 7) is 3.92. The molecule has 0 aromatic heterocycles. The van der Waals surface area contributed by atoms with Gasteiger partial charge in [-0.15, -0.1) is 0 Å². The third-order valence-electron chi connectivity index (χ3n) is 4.49. The van der Waals surface area contributed by atoms with Gasteiger partial charge in [-0.2, -0.15) is 0 Å². The molecule has 3 rings (SSSR count). The van der Waals surface area contributed by atoms with Crippen molar-refractivity contribution in [2.45, 2.75) is 45.1 Å². The monoisotopic (exact) mass is 402 g/mol. The first-order valence-corrected chi connectivity index (χ1v) is 9.73. The molecule has 0 spiro atoms. The van der Waals surface area contributed by atoms with Gasteiger partial charge in [0.05, 0.1) is 17.0 Å². The largest absolute Gasteiger partial charge is 0.485 e. The molecule has 2 aromatic carbocycles. The molecule has 6 heteroatoms. The van der Waals surface area contributed by atoms with E-state index >= 15 is 0 Å². The maximum Gasteiger partial charge on any atom is 0.311 e. The molecular formula is C22H23ClO5. The molecule has 0 radical (unpaired) electrons. The Labute approximate surface area is 169 Å². The molecule has 0 amide bonds. The molecule has 1 aliphatic rings. The Morgan fingerprint density at radius 2 is 2.00 bits per heavy atom. The van der Waals surface area contributed by atoms with Gasteiger partial charge in [-0.05, 0) is 37.6 Å². The van der Waals surface area contributed by atoms with Crippen molar-refractivity contribution in [2.24, 2.45) is 0 Å². The SMILES string of the molecule is CCCCC(=O)Oc1c(Cl)cccc1OCC1(C)CC(=O)c2ccccc2O1. The van der Waals surface area contributed by atoms with Crippen LogP contribution in [0.4, 0.5) is 0 Å². The van der Waals surface area contributed by atoms with Gasteiger partial charge >= 0.3 is 5.97 Å². The van der Waals surface area contributed by atoms with Gasteiger partial charge in [0, 0.05) is 6.42 Å². The van der Waals surface area contributed by atoms with E-state index < -0.39 is 5.60 Å².